The minimum Gasteiger partial charge on any atom is -0.481 e. The molecule has 0 saturated carbocycles. The summed E-state index contributed by atoms with van der Waals surface area (Å²) >= 11 is 0. The monoisotopic (exact) mass is 267 g/mol. The van der Waals surface area contributed by atoms with E-state index in [1.807, 2.05) is 32.9 Å². The number of hydrogen-bond donors (Lipinski definition) is 2. The molecule has 1 heterocycles. The molecule has 1 aromatic rings. The van der Waals surface area contributed by atoms with Gasteiger partial charge in [-0.25, -0.2) is 0 Å². The summed E-state index contributed by atoms with van der Waals surface area (Å²) in [6, 6.07) is 3.77. The highest BCUT2D eigenvalue weighted by Gasteiger charge is 2.25. The molecule has 5 heteroatoms. The summed E-state index contributed by atoms with van der Waals surface area (Å²) in [5.74, 6) is -0.262. The average molecular weight is 267 g/mol. The van der Waals surface area contributed by atoms with Gasteiger partial charge in [0.15, 0.2) is 0 Å². The molecule has 0 aromatic carbocycles. The number of amides is 1. The number of aliphatic carboxylic acids is 1. The Kier molecular flexibility index (Phi) is 4.75. The fourth-order valence-electron chi connectivity index (χ4n) is 1.64. The first-order chi connectivity index (χ1) is 8.72. The van der Waals surface area contributed by atoms with Crippen LogP contribution in [-0.2, 0) is 15.0 Å². The zero-order valence-electron chi connectivity index (χ0n) is 11.8. The molecule has 0 aliphatic heterocycles. The van der Waals surface area contributed by atoms with E-state index in [0.717, 1.165) is 11.5 Å². The van der Waals surface area contributed by atoms with Crippen LogP contribution in [0.5, 0.6) is 0 Å². The summed E-state index contributed by atoms with van der Waals surface area (Å²) in [6.45, 7) is 7.72. The lowest BCUT2D eigenvalue weighted by Gasteiger charge is -2.22. The highest BCUT2D eigenvalue weighted by molar-refractivity contribution is 5.82. The van der Waals surface area contributed by atoms with Crippen molar-refractivity contribution in [1.82, 2.24) is 5.32 Å². The number of nitrogens with one attached hydrogen (secondary N) is 1. The summed E-state index contributed by atoms with van der Waals surface area (Å²) in [5, 5.41) is 11.5. The van der Waals surface area contributed by atoms with Gasteiger partial charge in [0.05, 0.1) is 5.92 Å². The molecule has 1 aromatic heterocycles. The summed E-state index contributed by atoms with van der Waals surface area (Å²) in [7, 11) is 0. The molecule has 5 nitrogen and oxygen atoms in total. The minimum absolute atomic E-state index is 0.0113. The van der Waals surface area contributed by atoms with Gasteiger partial charge in [-0.1, -0.05) is 20.8 Å². The lowest BCUT2D eigenvalue weighted by atomic mass is 9.90. The largest absolute Gasteiger partial charge is 0.481 e. The summed E-state index contributed by atoms with van der Waals surface area (Å²) in [5.41, 5.74) is -0.323. The van der Waals surface area contributed by atoms with Crippen molar-refractivity contribution in [3.63, 3.8) is 0 Å². The number of furan rings is 1. The normalized spacial score (nSPS) is 13.1. The van der Waals surface area contributed by atoms with Crippen molar-refractivity contribution in [2.75, 3.05) is 6.54 Å². The summed E-state index contributed by atoms with van der Waals surface area (Å²) < 4.78 is 5.55. The van der Waals surface area contributed by atoms with E-state index >= 15 is 0 Å². The van der Waals surface area contributed by atoms with Crippen molar-refractivity contribution in [2.24, 2.45) is 5.92 Å². The zero-order valence-corrected chi connectivity index (χ0v) is 11.8. The van der Waals surface area contributed by atoms with Crippen LogP contribution in [0.1, 0.15) is 38.7 Å². The first kappa shape index (κ1) is 15.3. The highest BCUT2D eigenvalue weighted by Crippen LogP contribution is 2.24. The third kappa shape index (κ3) is 4.43. The lowest BCUT2D eigenvalue weighted by Crippen LogP contribution is -2.37. The molecule has 0 radical (unpaired) electrons. The second kappa shape index (κ2) is 5.91. The highest BCUT2D eigenvalue weighted by atomic mass is 16.4. The Labute approximate surface area is 113 Å². The summed E-state index contributed by atoms with van der Waals surface area (Å²) in [4.78, 5) is 22.3. The maximum Gasteiger partial charge on any atom is 0.306 e. The van der Waals surface area contributed by atoms with Gasteiger partial charge in [0.2, 0.25) is 5.91 Å². The van der Waals surface area contributed by atoms with Gasteiger partial charge in [-0.3, -0.25) is 9.59 Å². The van der Waals surface area contributed by atoms with Crippen LogP contribution < -0.4 is 5.32 Å². The van der Waals surface area contributed by atoms with Crippen molar-refractivity contribution in [3.05, 3.63) is 23.7 Å². The van der Waals surface area contributed by atoms with Gasteiger partial charge in [-0.15, -0.1) is 0 Å². The quantitative estimate of drug-likeness (QED) is 0.827. The van der Waals surface area contributed by atoms with E-state index in [1.54, 1.807) is 0 Å². The average Bonchev–Trinajstić information content (AvgIpc) is 2.74. The van der Waals surface area contributed by atoms with Crippen LogP contribution in [0.2, 0.25) is 0 Å². The predicted octanol–water partition coefficient (Wildman–Crippen LogP) is 2.09. The Morgan fingerprint density at radius 2 is 2.05 bits per heavy atom. The molecule has 106 valence electrons. The van der Waals surface area contributed by atoms with Crippen molar-refractivity contribution >= 4 is 11.9 Å². The third-order valence-electron chi connectivity index (χ3n) is 3.05. The molecular weight excluding hydrogens is 246 g/mol. The van der Waals surface area contributed by atoms with Gasteiger partial charge in [0.25, 0.3) is 0 Å². The molecule has 0 aliphatic carbocycles. The van der Waals surface area contributed by atoms with E-state index in [2.05, 4.69) is 5.32 Å². The molecule has 2 N–H and O–H groups in total. The maximum atomic E-state index is 11.6. The Morgan fingerprint density at radius 1 is 1.42 bits per heavy atom. The number of carboxylic acid groups (broad SMARTS) is 1. The van der Waals surface area contributed by atoms with Crippen LogP contribution in [0.15, 0.2) is 16.5 Å². The second-order valence-electron chi connectivity index (χ2n) is 5.51. The van der Waals surface area contributed by atoms with Gasteiger partial charge in [0.1, 0.15) is 11.5 Å². The fourth-order valence-corrected chi connectivity index (χ4v) is 1.64. The van der Waals surface area contributed by atoms with E-state index < -0.39 is 11.9 Å². The number of carbonyl (C=O) groups excluding carboxylic acids is 1. The van der Waals surface area contributed by atoms with Crippen LogP contribution in [0.25, 0.3) is 0 Å². The molecule has 19 heavy (non-hydrogen) atoms. The van der Waals surface area contributed by atoms with Crippen LogP contribution in [0, 0.1) is 12.8 Å². The van der Waals surface area contributed by atoms with Crippen LogP contribution >= 0.6 is 0 Å². The van der Waals surface area contributed by atoms with Crippen molar-refractivity contribution < 1.29 is 19.1 Å². The van der Waals surface area contributed by atoms with Gasteiger partial charge >= 0.3 is 5.97 Å². The molecule has 0 aliphatic rings. The zero-order chi connectivity index (χ0) is 14.6. The Bertz CT molecular complexity index is 462. The van der Waals surface area contributed by atoms with Crippen molar-refractivity contribution in [2.45, 2.75) is 39.5 Å². The van der Waals surface area contributed by atoms with Crippen molar-refractivity contribution in [1.29, 1.82) is 0 Å². The molecule has 0 bridgehead atoms. The Hall–Kier alpha value is -1.78. The number of rotatable bonds is 6. The standard InChI is InChI=1S/C14H21NO4/c1-9(13(17)18)7-12(16)15-8-14(3,4)11-6-5-10(2)19-11/h5-6,9H,7-8H2,1-4H3,(H,15,16)(H,17,18). The topological polar surface area (TPSA) is 79.5 Å². The smallest absolute Gasteiger partial charge is 0.306 e. The van der Waals surface area contributed by atoms with E-state index in [-0.39, 0.29) is 17.7 Å². The van der Waals surface area contributed by atoms with Crippen LogP contribution in [-0.4, -0.2) is 23.5 Å². The number of carboxylic acids is 1. The van der Waals surface area contributed by atoms with Crippen LogP contribution in [0.3, 0.4) is 0 Å². The first-order valence-electron chi connectivity index (χ1n) is 6.29. The molecule has 1 unspecified atom stereocenters. The lowest BCUT2D eigenvalue weighted by molar-refractivity contribution is -0.143. The van der Waals surface area contributed by atoms with Crippen LogP contribution in [0.4, 0.5) is 0 Å². The van der Waals surface area contributed by atoms with E-state index in [1.165, 1.54) is 6.92 Å². The predicted molar refractivity (Wildman–Crippen MR) is 70.9 cm³/mol. The SMILES string of the molecule is Cc1ccc(C(C)(C)CNC(=O)CC(C)C(=O)O)o1. The van der Waals surface area contributed by atoms with E-state index in [0.29, 0.717) is 6.54 Å². The van der Waals surface area contributed by atoms with E-state index in [9.17, 15) is 9.59 Å². The first-order valence-corrected chi connectivity index (χ1v) is 6.29. The molecule has 1 amide bonds. The Morgan fingerprint density at radius 3 is 2.53 bits per heavy atom. The molecule has 0 fully saturated rings. The molecule has 0 saturated heterocycles. The van der Waals surface area contributed by atoms with E-state index in [4.69, 9.17) is 9.52 Å². The summed E-state index contributed by atoms with van der Waals surface area (Å²) in [6.07, 6.45) is -0.0113. The third-order valence-corrected chi connectivity index (χ3v) is 3.05. The van der Waals surface area contributed by atoms with Gasteiger partial charge in [-0.05, 0) is 19.1 Å². The molecule has 1 atom stereocenters. The van der Waals surface area contributed by atoms with Gasteiger partial charge in [0, 0.05) is 18.4 Å². The molecule has 1 rings (SSSR count). The maximum absolute atomic E-state index is 11.6. The minimum atomic E-state index is -0.962. The number of aryl methyl sites for hydroxylation is 1. The number of hydrogen-bond acceptors (Lipinski definition) is 3. The molecular formula is C14H21NO4. The second-order valence-corrected chi connectivity index (χ2v) is 5.51. The number of carbonyl (C=O) groups is 2. The van der Waals surface area contributed by atoms with Crippen molar-refractivity contribution in [3.8, 4) is 0 Å². The van der Waals surface area contributed by atoms with Gasteiger partial charge < -0.3 is 14.8 Å². The van der Waals surface area contributed by atoms with Gasteiger partial charge in [-0.2, -0.15) is 0 Å². The molecule has 0 spiro atoms. The Balaban J connectivity index is 2.51. The fraction of sp³-hybridized carbons (Fsp3) is 0.571.